The summed E-state index contributed by atoms with van der Waals surface area (Å²) in [6.45, 7) is 8.04. The van der Waals surface area contributed by atoms with Crippen molar-refractivity contribution in [3.05, 3.63) is 41.6 Å². The molecule has 1 aliphatic rings. The molecule has 1 aromatic carbocycles. The van der Waals surface area contributed by atoms with Crippen molar-refractivity contribution in [3.63, 3.8) is 0 Å². The van der Waals surface area contributed by atoms with Crippen LogP contribution >= 0.6 is 0 Å². The van der Waals surface area contributed by atoms with Crippen LogP contribution in [0.5, 0.6) is 5.88 Å². The summed E-state index contributed by atoms with van der Waals surface area (Å²) in [5, 5.41) is 2.84. The molecule has 1 aromatic heterocycles. The SMILES string of the molecule is Cc1cc(OCC(=O)Nc2ccc(C(C)C)cc2)nc(N2CCCC2)n1. The maximum atomic E-state index is 12.1. The Morgan fingerprint density at radius 3 is 2.54 bits per heavy atom. The van der Waals surface area contributed by atoms with E-state index in [-0.39, 0.29) is 12.5 Å². The van der Waals surface area contributed by atoms with Gasteiger partial charge in [-0.3, -0.25) is 4.79 Å². The van der Waals surface area contributed by atoms with Crippen molar-refractivity contribution >= 4 is 17.5 Å². The fraction of sp³-hybridized carbons (Fsp3) is 0.450. The van der Waals surface area contributed by atoms with E-state index in [1.165, 1.54) is 5.56 Å². The second-order valence-corrected chi connectivity index (χ2v) is 6.96. The molecule has 0 atom stereocenters. The average Bonchev–Trinajstić information content (AvgIpc) is 3.15. The highest BCUT2D eigenvalue weighted by Gasteiger charge is 2.16. The third-order valence-electron chi connectivity index (χ3n) is 4.42. The molecular weight excluding hydrogens is 328 g/mol. The Morgan fingerprint density at radius 2 is 1.88 bits per heavy atom. The number of benzene rings is 1. The van der Waals surface area contributed by atoms with Crippen LogP contribution in [-0.2, 0) is 4.79 Å². The van der Waals surface area contributed by atoms with E-state index in [9.17, 15) is 4.79 Å². The number of carbonyl (C=O) groups excluding carboxylic acids is 1. The van der Waals surface area contributed by atoms with E-state index in [1.54, 1.807) is 6.07 Å². The fourth-order valence-electron chi connectivity index (χ4n) is 2.94. The predicted molar refractivity (Wildman–Crippen MR) is 103 cm³/mol. The first kappa shape index (κ1) is 18.2. The van der Waals surface area contributed by atoms with Gasteiger partial charge in [-0.1, -0.05) is 26.0 Å². The first-order valence-electron chi connectivity index (χ1n) is 9.14. The number of nitrogens with one attached hydrogen (secondary N) is 1. The Morgan fingerprint density at radius 1 is 1.19 bits per heavy atom. The molecule has 138 valence electrons. The van der Waals surface area contributed by atoms with E-state index in [0.29, 0.717) is 17.7 Å². The smallest absolute Gasteiger partial charge is 0.262 e. The van der Waals surface area contributed by atoms with E-state index in [0.717, 1.165) is 37.3 Å². The Balaban J connectivity index is 1.57. The van der Waals surface area contributed by atoms with Crippen molar-refractivity contribution in [1.29, 1.82) is 0 Å². The molecule has 26 heavy (non-hydrogen) atoms. The van der Waals surface area contributed by atoms with Crippen molar-refractivity contribution in [1.82, 2.24) is 9.97 Å². The Hall–Kier alpha value is -2.63. The minimum absolute atomic E-state index is 0.0815. The summed E-state index contributed by atoms with van der Waals surface area (Å²) in [6.07, 6.45) is 2.32. The maximum Gasteiger partial charge on any atom is 0.262 e. The van der Waals surface area contributed by atoms with Gasteiger partial charge in [-0.15, -0.1) is 0 Å². The first-order valence-corrected chi connectivity index (χ1v) is 9.14. The highest BCUT2D eigenvalue weighted by molar-refractivity contribution is 5.91. The molecule has 2 aromatic rings. The largest absolute Gasteiger partial charge is 0.467 e. The molecular formula is C20H26N4O2. The minimum atomic E-state index is -0.207. The molecule has 0 bridgehead atoms. The zero-order valence-corrected chi connectivity index (χ0v) is 15.7. The van der Waals surface area contributed by atoms with Gasteiger partial charge < -0.3 is 15.0 Å². The van der Waals surface area contributed by atoms with E-state index >= 15 is 0 Å². The van der Waals surface area contributed by atoms with Gasteiger partial charge in [0.2, 0.25) is 11.8 Å². The molecule has 6 nitrogen and oxygen atoms in total. The quantitative estimate of drug-likeness (QED) is 0.859. The van der Waals surface area contributed by atoms with Crippen LogP contribution in [0.4, 0.5) is 11.6 Å². The van der Waals surface area contributed by atoms with Crippen LogP contribution < -0.4 is 15.0 Å². The van der Waals surface area contributed by atoms with Gasteiger partial charge in [0.1, 0.15) is 0 Å². The minimum Gasteiger partial charge on any atom is -0.467 e. The summed E-state index contributed by atoms with van der Waals surface area (Å²) in [6, 6.07) is 9.62. The zero-order chi connectivity index (χ0) is 18.5. The number of rotatable bonds is 6. The lowest BCUT2D eigenvalue weighted by Crippen LogP contribution is -2.23. The molecule has 0 saturated carbocycles. The lowest BCUT2D eigenvalue weighted by Gasteiger charge is -2.16. The molecule has 1 N–H and O–H groups in total. The normalized spacial score (nSPS) is 13.9. The molecule has 3 rings (SSSR count). The number of aryl methyl sites for hydroxylation is 1. The zero-order valence-electron chi connectivity index (χ0n) is 15.7. The van der Waals surface area contributed by atoms with Crippen molar-refractivity contribution in [2.45, 2.75) is 39.5 Å². The van der Waals surface area contributed by atoms with Crippen LogP contribution in [0.15, 0.2) is 30.3 Å². The highest BCUT2D eigenvalue weighted by atomic mass is 16.5. The second kappa shape index (κ2) is 8.17. The van der Waals surface area contributed by atoms with E-state index in [4.69, 9.17) is 4.74 Å². The second-order valence-electron chi connectivity index (χ2n) is 6.96. The molecule has 0 unspecified atom stereocenters. The summed E-state index contributed by atoms with van der Waals surface area (Å²) >= 11 is 0. The molecule has 1 aliphatic heterocycles. The summed E-state index contributed by atoms with van der Waals surface area (Å²) in [7, 11) is 0. The Bertz CT molecular complexity index is 753. The molecule has 1 saturated heterocycles. The van der Waals surface area contributed by atoms with Gasteiger partial charge >= 0.3 is 0 Å². The number of ether oxygens (including phenoxy) is 1. The van der Waals surface area contributed by atoms with Crippen LogP contribution in [0.25, 0.3) is 0 Å². The van der Waals surface area contributed by atoms with Crippen LogP contribution in [-0.4, -0.2) is 35.6 Å². The lowest BCUT2D eigenvalue weighted by atomic mass is 10.0. The van der Waals surface area contributed by atoms with Crippen molar-refractivity contribution in [2.24, 2.45) is 0 Å². The summed E-state index contributed by atoms with van der Waals surface area (Å²) < 4.78 is 5.59. The van der Waals surface area contributed by atoms with E-state index in [1.807, 2.05) is 31.2 Å². The van der Waals surface area contributed by atoms with Crippen LogP contribution in [0.2, 0.25) is 0 Å². The molecule has 1 fully saturated rings. The topological polar surface area (TPSA) is 67.3 Å². The van der Waals surface area contributed by atoms with Gasteiger partial charge in [0.25, 0.3) is 5.91 Å². The van der Waals surface area contributed by atoms with Gasteiger partial charge in [0.15, 0.2) is 6.61 Å². The number of anilines is 2. The third-order valence-corrected chi connectivity index (χ3v) is 4.42. The number of carbonyl (C=O) groups is 1. The van der Waals surface area contributed by atoms with Gasteiger partial charge in [0, 0.05) is 30.5 Å². The number of amides is 1. The summed E-state index contributed by atoms with van der Waals surface area (Å²) in [4.78, 5) is 23.2. The predicted octanol–water partition coefficient (Wildman–Crippen LogP) is 3.53. The molecule has 0 radical (unpaired) electrons. The van der Waals surface area contributed by atoms with Crippen molar-refractivity contribution in [2.75, 3.05) is 29.9 Å². The van der Waals surface area contributed by atoms with Gasteiger partial charge in [-0.25, -0.2) is 4.98 Å². The first-order chi connectivity index (χ1) is 12.5. The van der Waals surface area contributed by atoms with Gasteiger partial charge in [-0.2, -0.15) is 4.98 Å². The van der Waals surface area contributed by atoms with E-state index in [2.05, 4.69) is 34.0 Å². The van der Waals surface area contributed by atoms with Gasteiger partial charge in [-0.05, 0) is 43.4 Å². The molecule has 0 aliphatic carbocycles. The van der Waals surface area contributed by atoms with E-state index < -0.39 is 0 Å². The molecule has 0 spiro atoms. The van der Waals surface area contributed by atoms with Crippen LogP contribution in [0, 0.1) is 6.92 Å². The molecule has 6 heteroatoms. The fourth-order valence-corrected chi connectivity index (χ4v) is 2.94. The number of hydrogen-bond acceptors (Lipinski definition) is 5. The monoisotopic (exact) mass is 354 g/mol. The third kappa shape index (κ3) is 4.71. The summed E-state index contributed by atoms with van der Waals surface area (Å²) in [5.74, 6) is 1.38. The number of hydrogen-bond donors (Lipinski definition) is 1. The Kier molecular flexibility index (Phi) is 5.71. The van der Waals surface area contributed by atoms with Crippen LogP contribution in [0.1, 0.15) is 43.9 Å². The maximum absolute atomic E-state index is 12.1. The van der Waals surface area contributed by atoms with Gasteiger partial charge in [0.05, 0.1) is 0 Å². The highest BCUT2D eigenvalue weighted by Crippen LogP contribution is 2.20. The standard InChI is InChI=1S/C20H26N4O2/c1-14(2)16-6-8-17(9-7-16)22-18(25)13-26-19-12-15(3)21-20(23-19)24-10-4-5-11-24/h6-9,12,14H,4-5,10-11,13H2,1-3H3,(H,22,25). The lowest BCUT2D eigenvalue weighted by molar-refractivity contribution is -0.118. The van der Waals surface area contributed by atoms with Crippen LogP contribution in [0.3, 0.4) is 0 Å². The Labute approximate surface area is 154 Å². The van der Waals surface area contributed by atoms with Crippen molar-refractivity contribution < 1.29 is 9.53 Å². The van der Waals surface area contributed by atoms with Crippen molar-refractivity contribution in [3.8, 4) is 5.88 Å². The molecule has 1 amide bonds. The number of nitrogens with zero attached hydrogens (tertiary/aromatic N) is 3. The average molecular weight is 354 g/mol. The molecule has 2 heterocycles. The summed E-state index contributed by atoms with van der Waals surface area (Å²) in [5.41, 5.74) is 2.84. The number of aromatic nitrogens is 2.